The second-order valence-electron chi connectivity index (χ2n) is 4.57. The van der Waals surface area contributed by atoms with E-state index in [9.17, 15) is 5.11 Å². The largest absolute Gasteiger partial charge is 0.390 e. The second kappa shape index (κ2) is 3.75. The number of rotatable bonds is 2. The quantitative estimate of drug-likeness (QED) is 0.690. The molecule has 0 saturated carbocycles. The molecule has 0 amide bonds. The molecule has 0 spiro atoms. The summed E-state index contributed by atoms with van der Waals surface area (Å²) in [7, 11) is 0. The van der Waals surface area contributed by atoms with Gasteiger partial charge in [-0.25, -0.2) is 0 Å². The van der Waals surface area contributed by atoms with Crippen LogP contribution in [0.1, 0.15) is 40.0 Å². The minimum absolute atomic E-state index is 0.272. The van der Waals surface area contributed by atoms with Gasteiger partial charge in [0.2, 0.25) is 0 Å². The molecule has 1 aliphatic heterocycles. The number of hydrogen-bond donors (Lipinski definition) is 1. The molecule has 0 aromatic carbocycles. The third-order valence-electron chi connectivity index (χ3n) is 2.40. The fourth-order valence-corrected chi connectivity index (χ4v) is 1.77. The van der Waals surface area contributed by atoms with Crippen molar-refractivity contribution in [2.75, 3.05) is 6.61 Å². The van der Waals surface area contributed by atoms with E-state index in [1.807, 2.05) is 6.92 Å². The summed E-state index contributed by atoms with van der Waals surface area (Å²) in [5.41, 5.74) is -0.488. The fraction of sp³-hybridized carbons (Fsp3) is 1.00. The average Bonchev–Trinajstić information content (AvgIpc) is 1.82. The molecule has 0 radical (unpaired) electrons. The Balaban J connectivity index is 2.36. The summed E-state index contributed by atoms with van der Waals surface area (Å²) in [5.74, 6) is 0.656. The van der Waals surface area contributed by atoms with Crippen molar-refractivity contribution in [2.45, 2.75) is 51.7 Å². The van der Waals surface area contributed by atoms with Gasteiger partial charge in [0.05, 0.1) is 11.7 Å². The molecule has 0 aromatic rings. The number of hydrogen-bond acceptors (Lipinski definition) is 2. The van der Waals surface area contributed by atoms with Crippen LogP contribution in [-0.2, 0) is 4.74 Å². The minimum Gasteiger partial charge on any atom is -0.390 e. The van der Waals surface area contributed by atoms with Crippen LogP contribution < -0.4 is 0 Å². The van der Waals surface area contributed by atoms with Crippen molar-refractivity contribution in [1.82, 2.24) is 0 Å². The van der Waals surface area contributed by atoms with Gasteiger partial charge >= 0.3 is 0 Å². The molecular formula is C10H20O2. The summed E-state index contributed by atoms with van der Waals surface area (Å²) in [5, 5.41) is 9.78. The molecule has 0 bridgehead atoms. The van der Waals surface area contributed by atoms with Crippen molar-refractivity contribution in [3.8, 4) is 0 Å². The summed E-state index contributed by atoms with van der Waals surface area (Å²) >= 11 is 0. The lowest BCUT2D eigenvalue weighted by Gasteiger charge is -2.34. The van der Waals surface area contributed by atoms with Crippen LogP contribution in [0.25, 0.3) is 0 Å². The van der Waals surface area contributed by atoms with Crippen molar-refractivity contribution in [3.63, 3.8) is 0 Å². The van der Waals surface area contributed by atoms with Gasteiger partial charge in [-0.1, -0.05) is 13.8 Å². The molecule has 1 rings (SSSR count). The lowest BCUT2D eigenvalue weighted by atomic mass is 9.89. The zero-order chi connectivity index (χ0) is 9.19. The summed E-state index contributed by atoms with van der Waals surface area (Å²) in [6, 6.07) is 0. The molecule has 2 atom stereocenters. The second-order valence-corrected chi connectivity index (χ2v) is 4.57. The van der Waals surface area contributed by atoms with Crippen molar-refractivity contribution in [3.05, 3.63) is 0 Å². The van der Waals surface area contributed by atoms with Crippen LogP contribution in [-0.4, -0.2) is 23.4 Å². The van der Waals surface area contributed by atoms with Gasteiger partial charge in [-0.3, -0.25) is 0 Å². The molecule has 2 nitrogen and oxygen atoms in total. The molecule has 1 N–H and O–H groups in total. The third-order valence-corrected chi connectivity index (χ3v) is 2.40. The Morgan fingerprint density at radius 2 is 2.25 bits per heavy atom. The maximum atomic E-state index is 9.78. The Labute approximate surface area is 74.9 Å². The standard InChI is InChI=1S/C10H20O2/c1-8(2)6-9-7-10(3,11)4-5-12-9/h8-9,11H,4-7H2,1-3H3. The van der Waals surface area contributed by atoms with Crippen LogP contribution in [0.15, 0.2) is 0 Å². The summed E-state index contributed by atoms with van der Waals surface area (Å²) < 4.78 is 5.56. The number of ether oxygens (including phenoxy) is 1. The average molecular weight is 172 g/mol. The summed E-state index contributed by atoms with van der Waals surface area (Å²) in [4.78, 5) is 0. The first kappa shape index (κ1) is 10.0. The van der Waals surface area contributed by atoms with Crippen molar-refractivity contribution in [1.29, 1.82) is 0 Å². The van der Waals surface area contributed by atoms with Gasteiger partial charge < -0.3 is 9.84 Å². The van der Waals surface area contributed by atoms with E-state index in [4.69, 9.17) is 4.74 Å². The maximum absolute atomic E-state index is 9.78. The smallest absolute Gasteiger partial charge is 0.0666 e. The predicted octanol–water partition coefficient (Wildman–Crippen LogP) is 1.96. The first-order valence-corrected chi connectivity index (χ1v) is 4.83. The Morgan fingerprint density at radius 1 is 1.58 bits per heavy atom. The van der Waals surface area contributed by atoms with Gasteiger partial charge in [0.1, 0.15) is 0 Å². The Hall–Kier alpha value is -0.0800. The monoisotopic (exact) mass is 172 g/mol. The van der Waals surface area contributed by atoms with Gasteiger partial charge in [0, 0.05) is 13.0 Å². The minimum atomic E-state index is -0.488. The summed E-state index contributed by atoms with van der Waals surface area (Å²) in [6.07, 6.45) is 2.91. The van der Waals surface area contributed by atoms with Gasteiger partial charge in [0.25, 0.3) is 0 Å². The molecule has 1 heterocycles. The van der Waals surface area contributed by atoms with Crippen LogP contribution in [0, 0.1) is 5.92 Å². The zero-order valence-electron chi connectivity index (χ0n) is 8.34. The SMILES string of the molecule is CC(C)CC1CC(C)(O)CCO1. The van der Waals surface area contributed by atoms with Crippen LogP contribution in [0.4, 0.5) is 0 Å². The lowest BCUT2D eigenvalue weighted by molar-refractivity contribution is -0.0985. The molecule has 1 fully saturated rings. The van der Waals surface area contributed by atoms with Gasteiger partial charge in [0.15, 0.2) is 0 Å². The number of aliphatic hydroxyl groups is 1. The molecule has 1 saturated heterocycles. The first-order chi connectivity index (χ1) is 5.49. The van der Waals surface area contributed by atoms with E-state index in [-0.39, 0.29) is 6.10 Å². The fourth-order valence-electron chi connectivity index (χ4n) is 1.77. The van der Waals surface area contributed by atoms with Crippen LogP contribution >= 0.6 is 0 Å². The highest BCUT2D eigenvalue weighted by Gasteiger charge is 2.30. The van der Waals surface area contributed by atoms with E-state index in [1.165, 1.54) is 0 Å². The highest BCUT2D eigenvalue weighted by atomic mass is 16.5. The molecule has 0 aliphatic carbocycles. The molecule has 12 heavy (non-hydrogen) atoms. The molecule has 2 unspecified atom stereocenters. The molecule has 0 aromatic heterocycles. The predicted molar refractivity (Wildman–Crippen MR) is 49.1 cm³/mol. The topological polar surface area (TPSA) is 29.5 Å². The lowest BCUT2D eigenvalue weighted by Crippen LogP contribution is -2.38. The van der Waals surface area contributed by atoms with E-state index < -0.39 is 5.60 Å². The molecule has 1 aliphatic rings. The maximum Gasteiger partial charge on any atom is 0.0666 e. The highest BCUT2D eigenvalue weighted by Crippen LogP contribution is 2.27. The highest BCUT2D eigenvalue weighted by molar-refractivity contribution is 4.81. The molecular weight excluding hydrogens is 152 g/mol. The third kappa shape index (κ3) is 3.11. The van der Waals surface area contributed by atoms with Gasteiger partial charge in [-0.15, -0.1) is 0 Å². The first-order valence-electron chi connectivity index (χ1n) is 4.83. The Bertz CT molecular complexity index is 141. The van der Waals surface area contributed by atoms with Crippen LogP contribution in [0.5, 0.6) is 0 Å². The van der Waals surface area contributed by atoms with E-state index in [2.05, 4.69) is 13.8 Å². The molecule has 72 valence electrons. The van der Waals surface area contributed by atoms with Crippen LogP contribution in [0.3, 0.4) is 0 Å². The van der Waals surface area contributed by atoms with E-state index in [0.29, 0.717) is 12.5 Å². The van der Waals surface area contributed by atoms with Crippen molar-refractivity contribution in [2.24, 2.45) is 5.92 Å². The summed E-state index contributed by atoms with van der Waals surface area (Å²) in [6.45, 7) is 6.99. The van der Waals surface area contributed by atoms with Crippen molar-refractivity contribution >= 4 is 0 Å². The Morgan fingerprint density at radius 3 is 2.75 bits per heavy atom. The van der Waals surface area contributed by atoms with E-state index in [1.54, 1.807) is 0 Å². The van der Waals surface area contributed by atoms with Crippen molar-refractivity contribution < 1.29 is 9.84 Å². The Kier molecular flexibility index (Phi) is 3.13. The van der Waals surface area contributed by atoms with E-state index >= 15 is 0 Å². The van der Waals surface area contributed by atoms with Gasteiger partial charge in [-0.2, -0.15) is 0 Å². The normalized spacial score (nSPS) is 37.2. The molecule has 2 heteroatoms. The van der Waals surface area contributed by atoms with E-state index in [0.717, 1.165) is 19.3 Å². The van der Waals surface area contributed by atoms with Crippen LogP contribution in [0.2, 0.25) is 0 Å². The zero-order valence-corrected chi connectivity index (χ0v) is 8.34. The van der Waals surface area contributed by atoms with Gasteiger partial charge in [-0.05, 0) is 25.7 Å².